The number of nitrogens with zero attached hydrogens (tertiary/aromatic N) is 2. The van der Waals surface area contributed by atoms with Gasteiger partial charge in [-0.2, -0.15) is 5.10 Å². The van der Waals surface area contributed by atoms with Gasteiger partial charge in [-0.05, 0) is 31.5 Å². The van der Waals surface area contributed by atoms with Crippen LogP contribution in [0, 0.1) is 12.7 Å². The SMILES string of the molecule is Cc1nn(C)c(CN[C@H](C)c2cccc(F)c2)c1Cl. The summed E-state index contributed by atoms with van der Waals surface area (Å²) >= 11 is 6.19. The fourth-order valence-corrected chi connectivity index (χ4v) is 2.24. The first-order chi connectivity index (χ1) is 8.99. The first kappa shape index (κ1) is 14.0. The molecule has 1 aromatic carbocycles. The van der Waals surface area contributed by atoms with E-state index >= 15 is 0 Å². The fourth-order valence-electron chi connectivity index (χ4n) is 2.02. The number of rotatable bonds is 4. The Morgan fingerprint density at radius 1 is 1.47 bits per heavy atom. The molecule has 19 heavy (non-hydrogen) atoms. The Balaban J connectivity index is 2.06. The number of aromatic nitrogens is 2. The van der Waals surface area contributed by atoms with Crippen LogP contribution in [-0.4, -0.2) is 9.78 Å². The van der Waals surface area contributed by atoms with Gasteiger partial charge in [0.2, 0.25) is 0 Å². The molecular formula is C14H17ClFN3. The van der Waals surface area contributed by atoms with Crippen molar-refractivity contribution >= 4 is 11.6 Å². The summed E-state index contributed by atoms with van der Waals surface area (Å²) in [5.41, 5.74) is 2.66. The van der Waals surface area contributed by atoms with Gasteiger partial charge in [-0.3, -0.25) is 4.68 Å². The van der Waals surface area contributed by atoms with Crippen LogP contribution < -0.4 is 5.32 Å². The second-order valence-electron chi connectivity index (χ2n) is 4.63. The molecule has 0 bridgehead atoms. The molecule has 1 atom stereocenters. The lowest BCUT2D eigenvalue weighted by molar-refractivity contribution is 0.542. The molecule has 1 aromatic heterocycles. The number of nitrogens with one attached hydrogen (secondary N) is 1. The minimum absolute atomic E-state index is 0.0435. The highest BCUT2D eigenvalue weighted by Crippen LogP contribution is 2.20. The Morgan fingerprint density at radius 2 is 2.21 bits per heavy atom. The van der Waals surface area contributed by atoms with E-state index in [0.29, 0.717) is 11.6 Å². The Bertz CT molecular complexity index is 580. The number of halogens is 2. The van der Waals surface area contributed by atoms with E-state index in [0.717, 1.165) is 17.0 Å². The maximum atomic E-state index is 13.2. The molecule has 1 heterocycles. The summed E-state index contributed by atoms with van der Waals surface area (Å²) in [7, 11) is 1.86. The number of aryl methyl sites for hydroxylation is 2. The molecule has 0 saturated heterocycles. The van der Waals surface area contributed by atoms with Crippen LogP contribution in [0.25, 0.3) is 0 Å². The quantitative estimate of drug-likeness (QED) is 0.931. The van der Waals surface area contributed by atoms with Gasteiger partial charge in [0.25, 0.3) is 0 Å². The predicted molar refractivity (Wildman–Crippen MR) is 74.6 cm³/mol. The minimum atomic E-state index is -0.222. The van der Waals surface area contributed by atoms with E-state index in [9.17, 15) is 4.39 Å². The molecule has 0 fully saturated rings. The number of benzene rings is 1. The average molecular weight is 282 g/mol. The topological polar surface area (TPSA) is 29.9 Å². The smallest absolute Gasteiger partial charge is 0.123 e. The second-order valence-corrected chi connectivity index (χ2v) is 5.01. The van der Waals surface area contributed by atoms with Gasteiger partial charge < -0.3 is 5.32 Å². The Morgan fingerprint density at radius 3 is 2.79 bits per heavy atom. The minimum Gasteiger partial charge on any atom is -0.305 e. The Labute approximate surface area is 117 Å². The van der Waals surface area contributed by atoms with Crippen LogP contribution >= 0.6 is 11.6 Å². The third-order valence-corrected chi connectivity index (χ3v) is 3.68. The monoisotopic (exact) mass is 281 g/mol. The van der Waals surface area contributed by atoms with E-state index in [4.69, 9.17) is 11.6 Å². The summed E-state index contributed by atoms with van der Waals surface area (Å²) in [6, 6.07) is 6.63. The van der Waals surface area contributed by atoms with E-state index in [1.54, 1.807) is 10.7 Å². The summed E-state index contributed by atoms with van der Waals surface area (Å²) in [5, 5.41) is 8.27. The van der Waals surface area contributed by atoms with Crippen LogP contribution in [0.15, 0.2) is 24.3 Å². The maximum absolute atomic E-state index is 13.2. The summed E-state index contributed by atoms with van der Waals surface area (Å²) < 4.78 is 14.9. The molecule has 0 aliphatic rings. The first-order valence-corrected chi connectivity index (χ1v) is 6.53. The van der Waals surface area contributed by atoms with Crippen LogP contribution in [0.3, 0.4) is 0 Å². The van der Waals surface area contributed by atoms with Crippen molar-refractivity contribution in [1.82, 2.24) is 15.1 Å². The molecule has 0 aliphatic heterocycles. The molecular weight excluding hydrogens is 265 g/mol. The molecule has 0 unspecified atom stereocenters. The van der Waals surface area contributed by atoms with Crippen LogP contribution in [-0.2, 0) is 13.6 Å². The molecule has 0 radical (unpaired) electrons. The van der Waals surface area contributed by atoms with Crippen molar-refractivity contribution in [2.24, 2.45) is 7.05 Å². The van der Waals surface area contributed by atoms with Crippen molar-refractivity contribution in [2.75, 3.05) is 0 Å². The highest BCUT2D eigenvalue weighted by atomic mass is 35.5. The van der Waals surface area contributed by atoms with Crippen molar-refractivity contribution in [3.63, 3.8) is 0 Å². The highest BCUT2D eigenvalue weighted by molar-refractivity contribution is 6.31. The zero-order valence-electron chi connectivity index (χ0n) is 11.2. The van der Waals surface area contributed by atoms with Crippen molar-refractivity contribution in [2.45, 2.75) is 26.4 Å². The van der Waals surface area contributed by atoms with Crippen LogP contribution in [0.2, 0.25) is 5.02 Å². The lowest BCUT2D eigenvalue weighted by Crippen LogP contribution is -2.20. The molecule has 5 heteroatoms. The van der Waals surface area contributed by atoms with Gasteiger partial charge in [-0.1, -0.05) is 23.7 Å². The third-order valence-electron chi connectivity index (χ3n) is 3.19. The predicted octanol–water partition coefficient (Wildman–Crippen LogP) is 3.37. The lowest BCUT2D eigenvalue weighted by atomic mass is 10.1. The van der Waals surface area contributed by atoms with Crippen molar-refractivity contribution < 1.29 is 4.39 Å². The summed E-state index contributed by atoms with van der Waals surface area (Å²) in [5.74, 6) is -0.222. The number of hydrogen-bond acceptors (Lipinski definition) is 2. The van der Waals surface area contributed by atoms with E-state index in [1.165, 1.54) is 12.1 Å². The van der Waals surface area contributed by atoms with Crippen molar-refractivity contribution in [1.29, 1.82) is 0 Å². The van der Waals surface area contributed by atoms with E-state index < -0.39 is 0 Å². The molecule has 2 rings (SSSR count). The normalized spacial score (nSPS) is 12.7. The van der Waals surface area contributed by atoms with E-state index in [1.807, 2.05) is 27.0 Å². The van der Waals surface area contributed by atoms with Gasteiger partial charge in [0, 0.05) is 19.6 Å². The van der Waals surface area contributed by atoms with Gasteiger partial charge in [0.15, 0.2) is 0 Å². The summed E-state index contributed by atoms with van der Waals surface area (Å²) in [4.78, 5) is 0. The second kappa shape index (κ2) is 5.72. The first-order valence-electron chi connectivity index (χ1n) is 6.16. The fraction of sp³-hybridized carbons (Fsp3) is 0.357. The molecule has 0 spiro atoms. The average Bonchev–Trinajstić information content (AvgIpc) is 2.61. The highest BCUT2D eigenvalue weighted by Gasteiger charge is 2.12. The zero-order chi connectivity index (χ0) is 14.0. The standard InChI is InChI=1S/C14H17ClFN3/c1-9(11-5-4-6-12(16)7-11)17-8-13-14(15)10(2)18-19(13)3/h4-7,9,17H,8H2,1-3H3/t9-/m1/s1. The third kappa shape index (κ3) is 3.14. The number of hydrogen-bond donors (Lipinski definition) is 1. The Kier molecular flexibility index (Phi) is 4.22. The molecule has 102 valence electrons. The molecule has 2 aromatic rings. The van der Waals surface area contributed by atoms with Gasteiger partial charge in [0.1, 0.15) is 5.82 Å². The van der Waals surface area contributed by atoms with Crippen LogP contribution in [0.4, 0.5) is 4.39 Å². The van der Waals surface area contributed by atoms with Gasteiger partial charge in [0.05, 0.1) is 16.4 Å². The van der Waals surface area contributed by atoms with E-state index in [2.05, 4.69) is 10.4 Å². The maximum Gasteiger partial charge on any atom is 0.123 e. The Hall–Kier alpha value is -1.39. The van der Waals surface area contributed by atoms with Crippen LogP contribution in [0.5, 0.6) is 0 Å². The lowest BCUT2D eigenvalue weighted by Gasteiger charge is -2.14. The van der Waals surface area contributed by atoms with Gasteiger partial charge in [-0.25, -0.2) is 4.39 Å². The largest absolute Gasteiger partial charge is 0.305 e. The summed E-state index contributed by atoms with van der Waals surface area (Å²) in [6.45, 7) is 4.46. The van der Waals surface area contributed by atoms with Gasteiger partial charge >= 0.3 is 0 Å². The van der Waals surface area contributed by atoms with Crippen molar-refractivity contribution in [3.8, 4) is 0 Å². The van der Waals surface area contributed by atoms with Crippen molar-refractivity contribution in [3.05, 3.63) is 52.1 Å². The van der Waals surface area contributed by atoms with E-state index in [-0.39, 0.29) is 11.9 Å². The summed E-state index contributed by atoms with van der Waals surface area (Å²) in [6.07, 6.45) is 0. The molecule has 0 saturated carbocycles. The van der Waals surface area contributed by atoms with Crippen LogP contribution in [0.1, 0.15) is 29.9 Å². The molecule has 0 aliphatic carbocycles. The molecule has 3 nitrogen and oxygen atoms in total. The zero-order valence-corrected chi connectivity index (χ0v) is 12.0. The molecule has 0 amide bonds. The van der Waals surface area contributed by atoms with Gasteiger partial charge in [-0.15, -0.1) is 0 Å². The molecule has 1 N–H and O–H groups in total.